The van der Waals surface area contributed by atoms with Gasteiger partial charge in [0.2, 0.25) is 0 Å². The van der Waals surface area contributed by atoms with Crippen LogP contribution in [0.5, 0.6) is 0 Å². The number of hydrogen-bond donors (Lipinski definition) is 1. The van der Waals surface area contributed by atoms with E-state index in [1.54, 1.807) is 26.2 Å². The van der Waals surface area contributed by atoms with Crippen molar-refractivity contribution in [1.29, 1.82) is 0 Å². The highest BCUT2D eigenvalue weighted by atomic mass is 16.4. The van der Waals surface area contributed by atoms with Crippen LogP contribution in [0.4, 0.5) is 5.69 Å². The molecule has 1 N–H and O–H groups in total. The van der Waals surface area contributed by atoms with E-state index in [1.807, 2.05) is 0 Å². The van der Waals surface area contributed by atoms with Gasteiger partial charge < -0.3 is 5.11 Å². The van der Waals surface area contributed by atoms with Gasteiger partial charge in [-0.15, -0.1) is 0 Å². The monoisotopic (exact) mass is 193 g/mol. The number of hydrogen-bond acceptors (Lipinski definition) is 3. The number of nitrogens with zero attached hydrogens (tertiary/aromatic N) is 3. The Morgan fingerprint density at radius 1 is 1.50 bits per heavy atom. The Balaban J connectivity index is 2.99. The molecule has 0 atom stereocenters. The molecule has 0 aliphatic heterocycles. The molecule has 0 bridgehead atoms. The quantitative estimate of drug-likeness (QED) is 0.588. The topological polar surface area (TPSA) is 65.3 Å². The highest BCUT2D eigenvalue weighted by molar-refractivity contribution is 5.88. The molecule has 14 heavy (non-hydrogen) atoms. The lowest BCUT2D eigenvalue weighted by Gasteiger charge is -2.10. The minimum atomic E-state index is -0.950. The lowest BCUT2D eigenvalue weighted by atomic mass is 10.2. The van der Waals surface area contributed by atoms with Crippen LogP contribution in [-0.4, -0.2) is 25.2 Å². The molecule has 1 aromatic carbocycles. The molecule has 1 rings (SSSR count). The molecule has 0 heterocycles. The van der Waals surface area contributed by atoms with Crippen molar-refractivity contribution in [2.75, 3.05) is 19.1 Å². The Labute approximate surface area is 81.7 Å². The Morgan fingerprint density at radius 3 is 2.79 bits per heavy atom. The second-order valence-electron chi connectivity index (χ2n) is 2.67. The minimum absolute atomic E-state index is 0.237. The minimum Gasteiger partial charge on any atom is -0.478 e. The molecule has 0 fully saturated rings. The third kappa shape index (κ3) is 2.29. The van der Waals surface area contributed by atoms with E-state index >= 15 is 0 Å². The Hall–Kier alpha value is -1.91. The highest BCUT2D eigenvalue weighted by Gasteiger charge is 2.05. The second kappa shape index (κ2) is 4.36. The SMILES string of the molecule is CN=NN(C)c1cccc(C(=O)O)c1. The summed E-state index contributed by atoms with van der Waals surface area (Å²) in [5, 5.41) is 17.6. The van der Waals surface area contributed by atoms with E-state index in [-0.39, 0.29) is 5.56 Å². The van der Waals surface area contributed by atoms with Crippen LogP contribution in [0, 0.1) is 0 Å². The fourth-order valence-electron chi connectivity index (χ4n) is 1.03. The molecule has 0 saturated carbocycles. The van der Waals surface area contributed by atoms with E-state index in [2.05, 4.69) is 10.3 Å². The molecular formula is C9H11N3O2. The number of rotatable bonds is 3. The van der Waals surface area contributed by atoms with E-state index in [9.17, 15) is 4.79 Å². The van der Waals surface area contributed by atoms with Gasteiger partial charge in [0.25, 0.3) is 0 Å². The zero-order chi connectivity index (χ0) is 10.6. The van der Waals surface area contributed by atoms with Crippen molar-refractivity contribution in [1.82, 2.24) is 0 Å². The zero-order valence-corrected chi connectivity index (χ0v) is 8.01. The molecule has 5 nitrogen and oxygen atoms in total. The van der Waals surface area contributed by atoms with Crippen LogP contribution in [0.25, 0.3) is 0 Å². The normalized spacial score (nSPS) is 10.4. The Bertz CT molecular complexity index is 363. The van der Waals surface area contributed by atoms with Crippen molar-refractivity contribution < 1.29 is 9.90 Å². The van der Waals surface area contributed by atoms with Gasteiger partial charge in [-0.2, -0.15) is 5.11 Å². The van der Waals surface area contributed by atoms with Gasteiger partial charge >= 0.3 is 5.97 Å². The summed E-state index contributed by atoms with van der Waals surface area (Å²) in [5.41, 5.74) is 0.927. The standard InChI is InChI=1S/C9H11N3O2/c1-10-11-12(2)8-5-3-4-7(6-8)9(13)14/h3-6H,1-2H3,(H,13,14). The highest BCUT2D eigenvalue weighted by Crippen LogP contribution is 2.14. The lowest BCUT2D eigenvalue weighted by Crippen LogP contribution is -2.08. The summed E-state index contributed by atoms with van der Waals surface area (Å²) in [5.74, 6) is -0.950. The van der Waals surface area contributed by atoms with Crippen molar-refractivity contribution >= 4 is 11.7 Å². The van der Waals surface area contributed by atoms with Gasteiger partial charge in [0.15, 0.2) is 0 Å². The largest absolute Gasteiger partial charge is 0.478 e. The molecule has 5 heteroatoms. The van der Waals surface area contributed by atoms with Crippen LogP contribution in [0.2, 0.25) is 0 Å². The summed E-state index contributed by atoms with van der Waals surface area (Å²) in [7, 11) is 3.26. The van der Waals surface area contributed by atoms with E-state index in [0.29, 0.717) is 5.69 Å². The van der Waals surface area contributed by atoms with Crippen LogP contribution in [0.1, 0.15) is 10.4 Å². The number of carbonyl (C=O) groups is 1. The summed E-state index contributed by atoms with van der Waals surface area (Å²) in [4.78, 5) is 10.7. The first-order valence-electron chi connectivity index (χ1n) is 4.02. The van der Waals surface area contributed by atoms with E-state index < -0.39 is 5.97 Å². The number of anilines is 1. The number of carboxylic acid groups (broad SMARTS) is 1. The van der Waals surface area contributed by atoms with Gasteiger partial charge in [-0.3, -0.25) is 5.01 Å². The van der Waals surface area contributed by atoms with Crippen LogP contribution in [0.3, 0.4) is 0 Å². The molecule has 0 aliphatic carbocycles. The van der Waals surface area contributed by atoms with Gasteiger partial charge in [0.05, 0.1) is 18.3 Å². The Kier molecular flexibility index (Phi) is 3.17. The molecular weight excluding hydrogens is 182 g/mol. The molecule has 0 spiro atoms. The van der Waals surface area contributed by atoms with Crippen molar-refractivity contribution in [2.24, 2.45) is 10.3 Å². The molecule has 1 aromatic rings. The zero-order valence-electron chi connectivity index (χ0n) is 8.01. The number of carboxylic acids is 1. The molecule has 0 saturated heterocycles. The van der Waals surface area contributed by atoms with Gasteiger partial charge in [0.1, 0.15) is 0 Å². The van der Waals surface area contributed by atoms with E-state index in [1.165, 1.54) is 17.1 Å². The third-order valence-corrected chi connectivity index (χ3v) is 1.69. The number of aromatic carboxylic acids is 1. The Morgan fingerprint density at radius 2 is 2.21 bits per heavy atom. The summed E-state index contributed by atoms with van der Waals surface area (Å²) >= 11 is 0. The fourth-order valence-corrected chi connectivity index (χ4v) is 1.03. The molecule has 0 aromatic heterocycles. The maximum atomic E-state index is 10.7. The van der Waals surface area contributed by atoms with Crippen molar-refractivity contribution in [3.8, 4) is 0 Å². The summed E-state index contributed by atoms with van der Waals surface area (Å²) in [6.45, 7) is 0. The van der Waals surface area contributed by atoms with Gasteiger partial charge in [-0.25, -0.2) is 4.79 Å². The van der Waals surface area contributed by atoms with Crippen LogP contribution >= 0.6 is 0 Å². The van der Waals surface area contributed by atoms with Gasteiger partial charge in [0, 0.05) is 7.05 Å². The first-order chi connectivity index (χ1) is 6.65. The predicted molar refractivity (Wildman–Crippen MR) is 52.6 cm³/mol. The summed E-state index contributed by atoms with van der Waals surface area (Å²) in [6, 6.07) is 6.50. The van der Waals surface area contributed by atoms with Crippen molar-refractivity contribution in [2.45, 2.75) is 0 Å². The first kappa shape index (κ1) is 10.2. The van der Waals surface area contributed by atoms with Crippen molar-refractivity contribution in [3.05, 3.63) is 29.8 Å². The maximum Gasteiger partial charge on any atom is 0.335 e. The van der Waals surface area contributed by atoms with Gasteiger partial charge in [-0.05, 0) is 18.2 Å². The van der Waals surface area contributed by atoms with Crippen LogP contribution in [-0.2, 0) is 0 Å². The molecule has 0 unspecified atom stereocenters. The smallest absolute Gasteiger partial charge is 0.335 e. The first-order valence-corrected chi connectivity index (χ1v) is 4.02. The predicted octanol–water partition coefficient (Wildman–Crippen LogP) is 1.82. The second-order valence-corrected chi connectivity index (χ2v) is 2.67. The van der Waals surface area contributed by atoms with E-state index in [0.717, 1.165) is 0 Å². The lowest BCUT2D eigenvalue weighted by molar-refractivity contribution is 0.0697. The van der Waals surface area contributed by atoms with E-state index in [4.69, 9.17) is 5.11 Å². The van der Waals surface area contributed by atoms with Crippen molar-refractivity contribution in [3.63, 3.8) is 0 Å². The molecule has 0 radical (unpaired) electrons. The molecule has 74 valence electrons. The number of benzene rings is 1. The average Bonchev–Trinajstić information content (AvgIpc) is 2.18. The van der Waals surface area contributed by atoms with Gasteiger partial charge in [-0.1, -0.05) is 11.3 Å². The molecule has 0 aliphatic rings. The van der Waals surface area contributed by atoms with Crippen LogP contribution < -0.4 is 5.01 Å². The molecule has 0 amide bonds. The van der Waals surface area contributed by atoms with Crippen LogP contribution in [0.15, 0.2) is 34.6 Å². The summed E-state index contributed by atoms with van der Waals surface area (Å²) in [6.07, 6.45) is 0. The third-order valence-electron chi connectivity index (χ3n) is 1.69. The average molecular weight is 193 g/mol. The fraction of sp³-hybridized carbons (Fsp3) is 0.222. The summed E-state index contributed by atoms with van der Waals surface area (Å²) < 4.78 is 0. The maximum absolute atomic E-state index is 10.7.